The van der Waals surface area contributed by atoms with Crippen molar-refractivity contribution < 1.29 is 4.39 Å². The zero-order valence-corrected chi connectivity index (χ0v) is 9.68. The van der Waals surface area contributed by atoms with Gasteiger partial charge in [0.15, 0.2) is 0 Å². The van der Waals surface area contributed by atoms with Crippen LogP contribution in [-0.4, -0.2) is 5.84 Å². The average molecular weight is 259 g/mol. The lowest BCUT2D eigenvalue weighted by molar-refractivity contribution is 0.629. The number of benzene rings is 1. The molecule has 0 atom stereocenters. The first kappa shape index (κ1) is 11.2. The molecule has 0 spiro atoms. The first-order chi connectivity index (χ1) is 6.50. The summed E-state index contributed by atoms with van der Waals surface area (Å²) in [6.45, 7) is 3.82. The second-order valence-corrected chi connectivity index (χ2v) is 4.20. The summed E-state index contributed by atoms with van der Waals surface area (Å²) in [7, 11) is 0. The fourth-order valence-corrected chi connectivity index (χ4v) is 1.19. The molecule has 0 saturated heterocycles. The Morgan fingerprint density at radius 2 is 2.14 bits per heavy atom. The molecule has 0 amide bonds. The molecule has 0 radical (unpaired) electrons. The van der Waals surface area contributed by atoms with Crippen LogP contribution < -0.4 is 5.73 Å². The van der Waals surface area contributed by atoms with Crippen molar-refractivity contribution in [3.8, 4) is 0 Å². The van der Waals surface area contributed by atoms with Crippen LogP contribution in [0.1, 0.15) is 13.8 Å². The molecule has 0 aliphatic rings. The summed E-state index contributed by atoms with van der Waals surface area (Å²) < 4.78 is 14.0. The number of hydrogen-bond donors (Lipinski definition) is 1. The van der Waals surface area contributed by atoms with E-state index in [0.717, 1.165) is 4.47 Å². The van der Waals surface area contributed by atoms with Gasteiger partial charge in [-0.25, -0.2) is 9.38 Å². The molecule has 1 rings (SSSR count). The van der Waals surface area contributed by atoms with Crippen molar-refractivity contribution in [2.75, 3.05) is 0 Å². The number of amidine groups is 1. The topological polar surface area (TPSA) is 38.4 Å². The molecule has 14 heavy (non-hydrogen) atoms. The van der Waals surface area contributed by atoms with E-state index in [1.807, 2.05) is 13.8 Å². The van der Waals surface area contributed by atoms with Crippen LogP contribution in [0.4, 0.5) is 10.1 Å². The van der Waals surface area contributed by atoms with Gasteiger partial charge in [0.1, 0.15) is 17.3 Å². The van der Waals surface area contributed by atoms with Gasteiger partial charge in [-0.1, -0.05) is 29.8 Å². The number of rotatable bonds is 2. The Morgan fingerprint density at radius 1 is 1.50 bits per heavy atom. The molecule has 0 bridgehead atoms. The number of aliphatic imine (C=N–C) groups is 1. The van der Waals surface area contributed by atoms with Crippen molar-refractivity contribution in [3.63, 3.8) is 0 Å². The summed E-state index contributed by atoms with van der Waals surface area (Å²) in [4.78, 5) is 4.01. The van der Waals surface area contributed by atoms with Gasteiger partial charge in [-0.05, 0) is 18.2 Å². The molecule has 0 aromatic heterocycles. The molecule has 0 aliphatic heterocycles. The molecular formula is C10H12BrFN2. The molecule has 1 aromatic carbocycles. The van der Waals surface area contributed by atoms with Crippen LogP contribution in [0.3, 0.4) is 0 Å². The van der Waals surface area contributed by atoms with E-state index in [1.54, 1.807) is 12.1 Å². The minimum Gasteiger partial charge on any atom is -0.387 e. The molecule has 0 fully saturated rings. The summed E-state index contributed by atoms with van der Waals surface area (Å²) in [5.41, 5.74) is 5.90. The van der Waals surface area contributed by atoms with E-state index in [-0.39, 0.29) is 17.4 Å². The Kier molecular flexibility index (Phi) is 3.63. The average Bonchev–Trinajstić information content (AvgIpc) is 2.11. The standard InChI is InChI=1S/C10H12BrFN2/c1-6(2)10(13)14-9-5-7(11)3-4-8(9)12/h3-6H,1-2H3,(H2,13,14). The van der Waals surface area contributed by atoms with Crippen molar-refractivity contribution in [1.29, 1.82) is 0 Å². The third kappa shape index (κ3) is 2.80. The number of halogens is 2. The van der Waals surface area contributed by atoms with Gasteiger partial charge in [0.2, 0.25) is 0 Å². The minimum absolute atomic E-state index is 0.119. The second kappa shape index (κ2) is 4.55. The highest BCUT2D eigenvalue weighted by Gasteiger charge is 2.04. The van der Waals surface area contributed by atoms with E-state index in [0.29, 0.717) is 5.84 Å². The van der Waals surface area contributed by atoms with Crippen molar-refractivity contribution in [2.45, 2.75) is 13.8 Å². The molecule has 76 valence electrons. The Balaban J connectivity index is 3.07. The third-order valence-corrected chi connectivity index (χ3v) is 2.24. The quantitative estimate of drug-likeness (QED) is 0.642. The van der Waals surface area contributed by atoms with Crippen molar-refractivity contribution in [1.82, 2.24) is 0 Å². The van der Waals surface area contributed by atoms with Crippen LogP contribution >= 0.6 is 15.9 Å². The predicted molar refractivity (Wildman–Crippen MR) is 60.2 cm³/mol. The van der Waals surface area contributed by atoms with Crippen LogP contribution in [0.5, 0.6) is 0 Å². The first-order valence-corrected chi connectivity index (χ1v) is 5.09. The van der Waals surface area contributed by atoms with E-state index < -0.39 is 0 Å². The SMILES string of the molecule is CC(C)C(N)=Nc1cc(Br)ccc1F. The fourth-order valence-electron chi connectivity index (χ4n) is 0.840. The van der Waals surface area contributed by atoms with E-state index in [4.69, 9.17) is 5.73 Å². The van der Waals surface area contributed by atoms with Gasteiger partial charge in [-0.3, -0.25) is 0 Å². The van der Waals surface area contributed by atoms with Crippen LogP contribution in [0.25, 0.3) is 0 Å². The van der Waals surface area contributed by atoms with E-state index in [1.165, 1.54) is 6.07 Å². The lowest BCUT2D eigenvalue weighted by Gasteiger charge is -2.04. The summed E-state index contributed by atoms with van der Waals surface area (Å²) in [5, 5.41) is 0. The maximum atomic E-state index is 13.2. The normalized spacial score (nSPS) is 12.2. The van der Waals surface area contributed by atoms with Crippen LogP contribution in [-0.2, 0) is 0 Å². The van der Waals surface area contributed by atoms with E-state index in [2.05, 4.69) is 20.9 Å². The Hall–Kier alpha value is -0.900. The smallest absolute Gasteiger partial charge is 0.148 e. The van der Waals surface area contributed by atoms with Gasteiger partial charge in [0, 0.05) is 10.4 Å². The van der Waals surface area contributed by atoms with Crippen molar-refractivity contribution >= 4 is 27.5 Å². The Morgan fingerprint density at radius 3 is 2.71 bits per heavy atom. The lowest BCUT2D eigenvalue weighted by Crippen LogP contribution is -2.18. The van der Waals surface area contributed by atoms with Crippen molar-refractivity contribution in [2.24, 2.45) is 16.6 Å². The molecule has 2 nitrogen and oxygen atoms in total. The highest BCUT2D eigenvalue weighted by molar-refractivity contribution is 9.10. The minimum atomic E-state index is -0.364. The van der Waals surface area contributed by atoms with Gasteiger partial charge in [-0.2, -0.15) is 0 Å². The lowest BCUT2D eigenvalue weighted by atomic mass is 10.2. The molecule has 0 unspecified atom stereocenters. The summed E-state index contributed by atoms with van der Waals surface area (Å²) in [6.07, 6.45) is 0. The molecule has 1 aromatic rings. The molecular weight excluding hydrogens is 247 g/mol. The van der Waals surface area contributed by atoms with Gasteiger partial charge >= 0.3 is 0 Å². The Labute approximate surface area is 91.2 Å². The molecule has 0 saturated carbocycles. The Bertz CT molecular complexity index is 361. The summed E-state index contributed by atoms with van der Waals surface area (Å²) >= 11 is 3.25. The highest BCUT2D eigenvalue weighted by atomic mass is 79.9. The second-order valence-electron chi connectivity index (χ2n) is 3.29. The monoisotopic (exact) mass is 258 g/mol. The molecule has 2 N–H and O–H groups in total. The maximum Gasteiger partial charge on any atom is 0.148 e. The number of hydrogen-bond acceptors (Lipinski definition) is 1. The number of nitrogens with zero attached hydrogens (tertiary/aromatic N) is 1. The molecule has 0 aliphatic carbocycles. The van der Waals surface area contributed by atoms with Gasteiger partial charge in [0.05, 0.1) is 0 Å². The zero-order valence-electron chi connectivity index (χ0n) is 8.09. The zero-order chi connectivity index (χ0) is 10.7. The van der Waals surface area contributed by atoms with Gasteiger partial charge in [0.25, 0.3) is 0 Å². The fraction of sp³-hybridized carbons (Fsp3) is 0.300. The summed E-state index contributed by atoms with van der Waals surface area (Å²) in [6, 6.07) is 4.58. The largest absolute Gasteiger partial charge is 0.387 e. The highest BCUT2D eigenvalue weighted by Crippen LogP contribution is 2.23. The molecule has 4 heteroatoms. The van der Waals surface area contributed by atoms with Crippen LogP contribution in [0.15, 0.2) is 27.7 Å². The maximum absolute atomic E-state index is 13.2. The number of nitrogens with two attached hydrogens (primary N) is 1. The predicted octanol–water partition coefficient (Wildman–Crippen LogP) is 3.23. The van der Waals surface area contributed by atoms with Crippen LogP contribution in [0, 0.1) is 11.7 Å². The van der Waals surface area contributed by atoms with Crippen LogP contribution in [0.2, 0.25) is 0 Å². The molecule has 0 heterocycles. The van der Waals surface area contributed by atoms with E-state index >= 15 is 0 Å². The van der Waals surface area contributed by atoms with E-state index in [9.17, 15) is 4.39 Å². The third-order valence-electron chi connectivity index (χ3n) is 1.75. The first-order valence-electron chi connectivity index (χ1n) is 4.30. The van der Waals surface area contributed by atoms with Gasteiger partial charge < -0.3 is 5.73 Å². The summed E-state index contributed by atoms with van der Waals surface area (Å²) in [5.74, 6) is 0.187. The van der Waals surface area contributed by atoms with Gasteiger partial charge in [-0.15, -0.1) is 0 Å². The van der Waals surface area contributed by atoms with Crippen molar-refractivity contribution in [3.05, 3.63) is 28.5 Å².